The Labute approximate surface area is 167 Å². The van der Waals surface area contributed by atoms with Crippen LogP contribution in [0.4, 0.5) is 5.69 Å². The summed E-state index contributed by atoms with van der Waals surface area (Å²) in [4.78, 5) is 37.6. The van der Waals surface area contributed by atoms with E-state index >= 15 is 0 Å². The van der Waals surface area contributed by atoms with Gasteiger partial charge in [-0.15, -0.1) is 0 Å². The second-order valence-corrected chi connectivity index (χ2v) is 6.55. The quantitative estimate of drug-likeness (QED) is 0.749. The van der Waals surface area contributed by atoms with Crippen LogP contribution in [0.1, 0.15) is 12.0 Å². The van der Waals surface area contributed by atoms with Gasteiger partial charge in [0.05, 0.1) is 18.7 Å². The number of fused-ring (bicyclic) bond motifs is 1. The maximum atomic E-state index is 12.3. The summed E-state index contributed by atoms with van der Waals surface area (Å²) in [6.45, 7) is -0.173. The molecule has 3 rings (SSSR count). The van der Waals surface area contributed by atoms with Gasteiger partial charge >= 0.3 is 5.97 Å². The second-order valence-electron chi connectivity index (χ2n) is 6.11. The zero-order valence-corrected chi connectivity index (χ0v) is 15.8. The van der Waals surface area contributed by atoms with Crippen molar-refractivity contribution in [1.29, 1.82) is 0 Å². The monoisotopic (exact) mass is 402 g/mol. The average Bonchev–Trinajstić information content (AvgIpc) is 2.85. The fourth-order valence-electron chi connectivity index (χ4n) is 2.67. The first-order valence-electron chi connectivity index (χ1n) is 8.72. The number of ether oxygens (including phenoxy) is 2. The molecule has 0 atom stereocenters. The molecule has 2 amide bonds. The van der Waals surface area contributed by atoms with Crippen LogP contribution < -0.4 is 15.0 Å². The zero-order chi connectivity index (χ0) is 19.9. The lowest BCUT2D eigenvalue weighted by Gasteiger charge is -2.20. The van der Waals surface area contributed by atoms with Gasteiger partial charge in [-0.05, 0) is 29.8 Å². The molecule has 0 saturated heterocycles. The van der Waals surface area contributed by atoms with Crippen molar-refractivity contribution in [2.45, 2.75) is 13.0 Å². The fraction of sp³-hybridized carbons (Fsp3) is 0.250. The van der Waals surface area contributed by atoms with E-state index < -0.39 is 18.5 Å². The van der Waals surface area contributed by atoms with Gasteiger partial charge in [0.2, 0.25) is 5.91 Å². The lowest BCUT2D eigenvalue weighted by atomic mass is 10.2. The Morgan fingerprint density at radius 1 is 1.14 bits per heavy atom. The highest BCUT2D eigenvalue weighted by Gasteiger charge is 2.25. The molecule has 8 heteroatoms. The van der Waals surface area contributed by atoms with Crippen LogP contribution in [-0.2, 0) is 25.7 Å². The third kappa shape index (κ3) is 5.23. The number of nitrogens with one attached hydrogen (secondary N) is 1. The van der Waals surface area contributed by atoms with E-state index in [4.69, 9.17) is 21.1 Å². The lowest BCUT2D eigenvalue weighted by Crippen LogP contribution is -2.37. The number of carbonyl (C=O) groups excluding carboxylic acids is 3. The highest BCUT2D eigenvalue weighted by atomic mass is 35.5. The molecule has 0 aliphatic carbocycles. The number of amides is 2. The molecule has 7 nitrogen and oxygen atoms in total. The van der Waals surface area contributed by atoms with Gasteiger partial charge in [-0.3, -0.25) is 19.3 Å². The van der Waals surface area contributed by atoms with E-state index in [9.17, 15) is 14.4 Å². The molecule has 0 aromatic heterocycles. The van der Waals surface area contributed by atoms with Crippen LogP contribution in [0.5, 0.6) is 5.75 Å². The molecule has 0 spiro atoms. The van der Waals surface area contributed by atoms with E-state index in [1.165, 1.54) is 4.90 Å². The van der Waals surface area contributed by atoms with Crippen LogP contribution in [-0.4, -0.2) is 37.5 Å². The summed E-state index contributed by atoms with van der Waals surface area (Å²) in [6.07, 6.45) is 0.156. The number of anilines is 1. The first-order chi connectivity index (χ1) is 13.5. The molecular formula is C20H19ClN2O5. The molecular weight excluding hydrogens is 384 g/mol. The van der Waals surface area contributed by atoms with Crippen molar-refractivity contribution in [3.8, 4) is 5.75 Å². The van der Waals surface area contributed by atoms with Crippen LogP contribution in [0, 0.1) is 0 Å². The Hall–Kier alpha value is -3.06. The smallest absolute Gasteiger partial charge is 0.326 e. The van der Waals surface area contributed by atoms with E-state index in [0.29, 0.717) is 23.0 Å². The molecule has 1 aliphatic heterocycles. The van der Waals surface area contributed by atoms with E-state index in [1.54, 1.807) is 48.5 Å². The Morgan fingerprint density at radius 2 is 1.89 bits per heavy atom. The third-order valence-corrected chi connectivity index (χ3v) is 4.34. The summed E-state index contributed by atoms with van der Waals surface area (Å²) in [5.74, 6) is -0.822. The number of benzene rings is 2. The number of hydrogen-bond acceptors (Lipinski definition) is 5. The van der Waals surface area contributed by atoms with Gasteiger partial charge < -0.3 is 14.8 Å². The fourth-order valence-corrected chi connectivity index (χ4v) is 2.79. The molecule has 1 aliphatic rings. The average molecular weight is 403 g/mol. The van der Waals surface area contributed by atoms with E-state index in [0.717, 1.165) is 5.56 Å². The first kappa shape index (κ1) is 19.7. The largest absolute Gasteiger partial charge is 0.491 e. The minimum absolute atomic E-state index is 0.156. The number of para-hydroxylation sites is 2. The lowest BCUT2D eigenvalue weighted by molar-refractivity contribution is -0.147. The standard InChI is InChI=1S/C20H19ClN2O5/c21-15-7-5-14(6-8-15)11-22-18(24)13-28-20(26)12-23-16-3-1-2-4-17(16)27-10-9-19(23)25/h1-8H,9-13H2,(H,22,24). The van der Waals surface area contributed by atoms with Gasteiger partial charge in [-0.1, -0.05) is 35.9 Å². The van der Waals surface area contributed by atoms with Gasteiger partial charge in [0, 0.05) is 11.6 Å². The SMILES string of the molecule is O=C(COC(=O)CN1C(=O)CCOc2ccccc21)NCc1ccc(Cl)cc1. The molecule has 0 bridgehead atoms. The molecule has 0 unspecified atom stereocenters. The highest BCUT2D eigenvalue weighted by Crippen LogP contribution is 2.30. The van der Waals surface area contributed by atoms with Crippen molar-refractivity contribution in [2.75, 3.05) is 24.7 Å². The van der Waals surface area contributed by atoms with Crippen molar-refractivity contribution < 1.29 is 23.9 Å². The van der Waals surface area contributed by atoms with Crippen LogP contribution in [0.25, 0.3) is 0 Å². The summed E-state index contributed by atoms with van der Waals surface area (Å²) in [6, 6.07) is 14.0. The molecule has 1 heterocycles. The van der Waals surface area contributed by atoms with Crippen molar-refractivity contribution in [3.63, 3.8) is 0 Å². The van der Waals surface area contributed by atoms with Gasteiger partial charge in [-0.2, -0.15) is 0 Å². The predicted octanol–water partition coefficient (Wildman–Crippen LogP) is 2.32. The van der Waals surface area contributed by atoms with Gasteiger partial charge in [0.25, 0.3) is 5.91 Å². The van der Waals surface area contributed by atoms with Crippen LogP contribution in [0.3, 0.4) is 0 Å². The molecule has 0 radical (unpaired) electrons. The van der Waals surface area contributed by atoms with E-state index in [2.05, 4.69) is 5.32 Å². The Kier molecular flexibility index (Phi) is 6.49. The Bertz CT molecular complexity index is 869. The maximum absolute atomic E-state index is 12.3. The minimum Gasteiger partial charge on any atom is -0.491 e. The van der Waals surface area contributed by atoms with E-state index in [1.807, 2.05) is 0 Å². The van der Waals surface area contributed by atoms with Crippen molar-refractivity contribution in [1.82, 2.24) is 5.32 Å². The summed E-state index contributed by atoms with van der Waals surface area (Å²) in [5.41, 5.74) is 1.38. The molecule has 2 aromatic rings. The van der Waals surface area contributed by atoms with Crippen molar-refractivity contribution >= 4 is 35.1 Å². The predicted molar refractivity (Wildman–Crippen MR) is 103 cm³/mol. The number of nitrogens with zero attached hydrogens (tertiary/aromatic N) is 1. The number of rotatable bonds is 6. The van der Waals surface area contributed by atoms with Gasteiger partial charge in [-0.25, -0.2) is 0 Å². The molecule has 0 saturated carbocycles. The maximum Gasteiger partial charge on any atom is 0.326 e. The number of halogens is 1. The normalized spacial score (nSPS) is 13.2. The summed E-state index contributed by atoms with van der Waals surface area (Å²) in [7, 11) is 0. The first-order valence-corrected chi connectivity index (χ1v) is 9.09. The van der Waals surface area contributed by atoms with Crippen molar-refractivity contribution in [3.05, 3.63) is 59.1 Å². The molecule has 1 N–H and O–H groups in total. The number of carbonyl (C=O) groups is 3. The molecule has 2 aromatic carbocycles. The zero-order valence-electron chi connectivity index (χ0n) is 15.0. The van der Waals surface area contributed by atoms with Crippen LogP contribution >= 0.6 is 11.6 Å². The topological polar surface area (TPSA) is 84.9 Å². The summed E-state index contributed by atoms with van der Waals surface area (Å²) in [5, 5.41) is 3.26. The van der Waals surface area contributed by atoms with Gasteiger partial charge in [0.1, 0.15) is 12.3 Å². The third-order valence-electron chi connectivity index (χ3n) is 4.09. The molecule has 0 fully saturated rings. The van der Waals surface area contributed by atoms with Crippen molar-refractivity contribution in [2.24, 2.45) is 0 Å². The van der Waals surface area contributed by atoms with E-state index in [-0.39, 0.29) is 25.5 Å². The molecule has 146 valence electrons. The Balaban J connectivity index is 1.50. The summed E-state index contributed by atoms with van der Waals surface area (Å²) < 4.78 is 10.5. The number of esters is 1. The highest BCUT2D eigenvalue weighted by molar-refractivity contribution is 6.30. The Morgan fingerprint density at radius 3 is 2.68 bits per heavy atom. The second kappa shape index (κ2) is 9.23. The van der Waals surface area contributed by atoms with Crippen LogP contribution in [0.15, 0.2) is 48.5 Å². The number of hydrogen-bond donors (Lipinski definition) is 1. The minimum atomic E-state index is -0.674. The van der Waals surface area contributed by atoms with Gasteiger partial charge in [0.15, 0.2) is 6.61 Å². The summed E-state index contributed by atoms with van der Waals surface area (Å²) >= 11 is 5.81. The van der Waals surface area contributed by atoms with Crippen LogP contribution in [0.2, 0.25) is 5.02 Å². The molecule has 28 heavy (non-hydrogen) atoms.